The maximum absolute atomic E-state index is 9.51. The fourth-order valence-corrected chi connectivity index (χ4v) is 0.604. The molecule has 1 aliphatic rings. The lowest BCUT2D eigenvalue weighted by atomic mass is 10.4. The van der Waals surface area contributed by atoms with E-state index in [1.54, 1.807) is 0 Å². The Morgan fingerprint density at radius 3 is 0.812 bits per heavy atom. The van der Waals surface area contributed by atoms with Crippen LogP contribution in [-0.4, -0.2) is 26.2 Å². The van der Waals surface area contributed by atoms with Crippen LogP contribution in [0.25, 0.3) is 0 Å². The van der Waals surface area contributed by atoms with Crippen molar-refractivity contribution in [1.29, 1.82) is 0 Å². The minimum atomic E-state index is -3.22. The molecule has 1 heterocycles. The first kappa shape index (κ1) is 20.4. The van der Waals surface area contributed by atoms with Crippen LogP contribution in [0.2, 0.25) is 0 Å². The first-order valence-corrected chi connectivity index (χ1v) is 12.6. The molecule has 0 spiro atoms. The van der Waals surface area contributed by atoms with Crippen LogP contribution in [0, 0.1) is 0 Å². The van der Waals surface area contributed by atoms with Crippen LogP contribution >= 0.6 is 77.8 Å². The lowest BCUT2D eigenvalue weighted by molar-refractivity contribution is 0.534. The molecule has 1 saturated heterocycles. The van der Waals surface area contributed by atoms with E-state index in [4.69, 9.17) is 0 Å². The van der Waals surface area contributed by atoms with Crippen LogP contribution in [0.5, 0.6) is 0 Å². The van der Waals surface area contributed by atoms with Gasteiger partial charge in [-0.2, -0.15) is 0 Å². The Balaban J connectivity index is 0. The SMILES string of the molecule is C1CNCCN1.O=P(Cl)(Cl)Cl.O=P(Cl)(Cl)Cl. The minimum absolute atomic E-state index is 1.14. The standard InChI is InChI=1S/C4H10N2.2Cl3OP/c1-2-6-4-3-5-1;2*1-5(2,3)4/h5-6H,1-4H2;;. The normalized spacial score (nSPS) is 16.4. The number of hydrogen-bond acceptors (Lipinski definition) is 4. The highest BCUT2D eigenvalue weighted by molar-refractivity contribution is 8.25. The molecule has 0 bridgehead atoms. The average molecular weight is 393 g/mol. The Hall–Kier alpha value is 2.12. The summed E-state index contributed by atoms with van der Waals surface area (Å²) in [5, 5.41) is 0. The number of rotatable bonds is 0. The number of piperazine rings is 1. The van der Waals surface area contributed by atoms with Gasteiger partial charge in [-0.05, 0) is 67.4 Å². The summed E-state index contributed by atoms with van der Waals surface area (Å²) < 4.78 is 19.0. The topological polar surface area (TPSA) is 58.2 Å². The molecule has 100 valence electrons. The average Bonchev–Trinajstić information content (AvgIpc) is 2.01. The van der Waals surface area contributed by atoms with Crippen molar-refractivity contribution >= 4 is 77.8 Å². The molecule has 16 heavy (non-hydrogen) atoms. The van der Waals surface area contributed by atoms with E-state index >= 15 is 0 Å². The third-order valence-electron chi connectivity index (χ3n) is 0.957. The van der Waals surface area contributed by atoms with Gasteiger partial charge < -0.3 is 10.6 Å². The van der Waals surface area contributed by atoms with Gasteiger partial charge in [0.25, 0.3) is 0 Å². The van der Waals surface area contributed by atoms with E-state index in [0.717, 1.165) is 26.2 Å². The van der Waals surface area contributed by atoms with Gasteiger partial charge in [0.1, 0.15) is 0 Å². The maximum atomic E-state index is 9.51. The summed E-state index contributed by atoms with van der Waals surface area (Å²) in [5.74, 6) is 0. The Kier molecular flexibility index (Phi) is 14.0. The second-order valence-corrected chi connectivity index (χ2v) is 15.6. The Morgan fingerprint density at radius 2 is 0.750 bits per heavy atom. The van der Waals surface area contributed by atoms with Gasteiger partial charge in [-0.3, -0.25) is 9.13 Å². The zero-order valence-electron chi connectivity index (χ0n) is 7.81. The first-order chi connectivity index (χ1) is 7.00. The molecule has 12 heteroatoms. The van der Waals surface area contributed by atoms with E-state index in [0.29, 0.717) is 0 Å². The van der Waals surface area contributed by atoms with Crippen molar-refractivity contribution in [3.8, 4) is 0 Å². The fraction of sp³-hybridized carbons (Fsp3) is 1.00. The van der Waals surface area contributed by atoms with Crippen molar-refractivity contribution in [2.24, 2.45) is 0 Å². The smallest absolute Gasteiger partial charge is 0.314 e. The van der Waals surface area contributed by atoms with Crippen molar-refractivity contribution in [1.82, 2.24) is 10.6 Å². The van der Waals surface area contributed by atoms with Crippen molar-refractivity contribution in [3.05, 3.63) is 0 Å². The number of hydrogen-bond donors (Lipinski definition) is 2. The fourth-order valence-electron chi connectivity index (χ4n) is 0.604. The number of halogens is 6. The summed E-state index contributed by atoms with van der Waals surface area (Å²) in [4.78, 5) is 0. The molecule has 1 rings (SSSR count). The highest BCUT2D eigenvalue weighted by Gasteiger charge is 2.03. The van der Waals surface area contributed by atoms with Crippen LogP contribution in [0.4, 0.5) is 0 Å². The van der Waals surface area contributed by atoms with E-state index in [1.807, 2.05) is 0 Å². The molecule has 0 aromatic heterocycles. The molecule has 0 atom stereocenters. The summed E-state index contributed by atoms with van der Waals surface area (Å²) in [6.45, 7) is 4.56. The van der Waals surface area contributed by atoms with Gasteiger partial charge in [0, 0.05) is 26.2 Å². The van der Waals surface area contributed by atoms with Crippen LogP contribution in [0.3, 0.4) is 0 Å². The van der Waals surface area contributed by atoms with Gasteiger partial charge in [-0.25, -0.2) is 0 Å². The molecule has 0 amide bonds. The summed E-state index contributed by atoms with van der Waals surface area (Å²) in [6, 6.07) is 0. The molecule has 4 nitrogen and oxygen atoms in total. The summed E-state index contributed by atoms with van der Waals surface area (Å²) in [7, 11) is 0. The summed E-state index contributed by atoms with van der Waals surface area (Å²) in [5.41, 5.74) is 0. The third kappa shape index (κ3) is 55.9. The monoisotopic (exact) mass is 390 g/mol. The molecule has 2 N–H and O–H groups in total. The molecule has 0 aromatic rings. The zero-order chi connectivity index (χ0) is 13.2. The van der Waals surface area contributed by atoms with Gasteiger partial charge in [0.2, 0.25) is 0 Å². The molecule has 0 radical (unpaired) electrons. The predicted molar refractivity (Wildman–Crippen MR) is 76.1 cm³/mol. The molecule has 1 fully saturated rings. The van der Waals surface area contributed by atoms with Gasteiger partial charge in [0.05, 0.1) is 0 Å². The Bertz CT molecular complexity index is 203. The van der Waals surface area contributed by atoms with Gasteiger partial charge >= 0.3 is 10.4 Å². The van der Waals surface area contributed by atoms with Crippen molar-refractivity contribution in [2.75, 3.05) is 26.2 Å². The molecular weight excluding hydrogens is 383 g/mol. The Labute approximate surface area is 123 Å². The lowest BCUT2D eigenvalue weighted by Crippen LogP contribution is -2.39. The van der Waals surface area contributed by atoms with E-state index in [9.17, 15) is 9.13 Å². The Morgan fingerprint density at radius 1 is 0.625 bits per heavy atom. The molecule has 0 unspecified atom stereocenters. The molecule has 0 saturated carbocycles. The quantitative estimate of drug-likeness (QED) is 0.581. The number of nitrogens with one attached hydrogen (secondary N) is 2. The van der Waals surface area contributed by atoms with Crippen molar-refractivity contribution in [2.45, 2.75) is 0 Å². The van der Waals surface area contributed by atoms with Gasteiger partial charge in [-0.1, -0.05) is 0 Å². The summed E-state index contributed by atoms with van der Waals surface area (Å²) in [6.07, 6.45) is 0. The third-order valence-corrected chi connectivity index (χ3v) is 0.957. The maximum Gasteiger partial charge on any atom is 0.339 e. The van der Waals surface area contributed by atoms with Crippen LogP contribution < -0.4 is 10.6 Å². The van der Waals surface area contributed by atoms with Gasteiger partial charge in [0.15, 0.2) is 0 Å². The lowest BCUT2D eigenvalue weighted by Gasteiger charge is -2.11. The van der Waals surface area contributed by atoms with E-state index < -0.39 is 10.4 Å². The second-order valence-electron chi connectivity index (χ2n) is 2.30. The zero-order valence-corrected chi connectivity index (χ0v) is 14.1. The van der Waals surface area contributed by atoms with Crippen molar-refractivity contribution in [3.63, 3.8) is 0 Å². The molecule has 0 aromatic carbocycles. The molecule has 0 aliphatic carbocycles. The largest absolute Gasteiger partial charge is 0.339 e. The van der Waals surface area contributed by atoms with Crippen molar-refractivity contribution < 1.29 is 9.13 Å². The van der Waals surface area contributed by atoms with E-state index in [2.05, 4.69) is 78.1 Å². The highest BCUT2D eigenvalue weighted by atomic mass is 36.1. The summed E-state index contributed by atoms with van der Waals surface area (Å²) >= 11 is 27.7. The van der Waals surface area contributed by atoms with Crippen LogP contribution in [-0.2, 0) is 9.13 Å². The van der Waals surface area contributed by atoms with E-state index in [-0.39, 0.29) is 0 Å². The first-order valence-electron chi connectivity index (χ1n) is 3.79. The van der Waals surface area contributed by atoms with Crippen LogP contribution in [0.1, 0.15) is 0 Å². The van der Waals surface area contributed by atoms with Gasteiger partial charge in [-0.15, -0.1) is 0 Å². The van der Waals surface area contributed by atoms with E-state index in [1.165, 1.54) is 0 Å². The molecular formula is C4H10Cl6N2O2P2. The minimum Gasteiger partial charge on any atom is -0.314 e. The van der Waals surface area contributed by atoms with Crippen LogP contribution in [0.15, 0.2) is 0 Å². The second kappa shape index (κ2) is 11.0. The predicted octanol–water partition coefficient (Wildman–Crippen LogP) is 4.80. The highest BCUT2D eigenvalue weighted by Crippen LogP contribution is 2.61. The molecule has 1 aliphatic heterocycles.